The maximum Gasteiger partial charge on any atom is 0.442 e. The van der Waals surface area contributed by atoms with Crippen LogP contribution in [0.4, 0.5) is 5.88 Å². The number of carbonyl (C=O) groups is 1. The van der Waals surface area contributed by atoms with Gasteiger partial charge in [0.1, 0.15) is 10.5 Å². The number of nitrogens with zero attached hydrogens (tertiary/aromatic N) is 1. The first kappa shape index (κ1) is 13.8. The first-order valence-electron chi connectivity index (χ1n) is 6.61. The predicted molar refractivity (Wildman–Crippen MR) is 81.7 cm³/mol. The highest BCUT2D eigenvalue weighted by atomic mass is 16.6. The topological polar surface area (TPSA) is 85.4 Å². The normalized spacial score (nSPS) is 10.6. The van der Waals surface area contributed by atoms with Gasteiger partial charge >= 0.3 is 5.88 Å². The zero-order chi connectivity index (χ0) is 15.7. The molecule has 0 aliphatic rings. The minimum absolute atomic E-state index is 0.215. The fraction of sp³-hybridized carbons (Fsp3) is 0.0625. The molecule has 0 spiro atoms. The van der Waals surface area contributed by atoms with Crippen LogP contribution in [-0.2, 0) is 0 Å². The monoisotopic (exact) mass is 296 g/mol. The van der Waals surface area contributed by atoms with Crippen LogP contribution in [0.2, 0.25) is 0 Å². The van der Waals surface area contributed by atoms with E-state index in [2.05, 4.69) is 5.32 Å². The Morgan fingerprint density at radius 2 is 1.86 bits per heavy atom. The molecule has 0 aliphatic carbocycles. The molecule has 110 valence electrons. The largest absolute Gasteiger partial charge is 0.442 e. The smallest absolute Gasteiger partial charge is 0.399 e. The van der Waals surface area contributed by atoms with Gasteiger partial charge < -0.3 is 9.73 Å². The Morgan fingerprint density at radius 1 is 1.14 bits per heavy atom. The summed E-state index contributed by atoms with van der Waals surface area (Å²) >= 11 is 0. The average Bonchev–Trinajstić information content (AvgIpc) is 2.94. The second kappa shape index (κ2) is 5.33. The number of amides is 1. The summed E-state index contributed by atoms with van der Waals surface area (Å²) in [6.45, 7) is 0. The summed E-state index contributed by atoms with van der Waals surface area (Å²) < 4.78 is 5.41. The molecule has 0 unspecified atom stereocenters. The lowest BCUT2D eigenvalue weighted by Crippen LogP contribution is -2.17. The number of hydrogen-bond donors (Lipinski definition) is 1. The average molecular weight is 296 g/mol. The van der Waals surface area contributed by atoms with Crippen molar-refractivity contribution in [2.24, 2.45) is 0 Å². The van der Waals surface area contributed by atoms with Crippen molar-refractivity contribution in [2.45, 2.75) is 0 Å². The molecule has 0 saturated carbocycles. The fourth-order valence-electron chi connectivity index (χ4n) is 2.43. The summed E-state index contributed by atoms with van der Waals surface area (Å²) in [5.41, 5.74) is 1.53. The van der Waals surface area contributed by atoms with Gasteiger partial charge in [-0.15, -0.1) is 0 Å². The van der Waals surface area contributed by atoms with Crippen LogP contribution in [0.25, 0.3) is 22.1 Å². The van der Waals surface area contributed by atoms with E-state index in [1.807, 2.05) is 6.07 Å². The Morgan fingerprint density at radius 3 is 2.50 bits per heavy atom. The number of carbonyl (C=O) groups excluding carboxylic acids is 1. The van der Waals surface area contributed by atoms with E-state index < -0.39 is 4.92 Å². The van der Waals surface area contributed by atoms with Gasteiger partial charge in [-0.25, -0.2) is 0 Å². The summed E-state index contributed by atoms with van der Waals surface area (Å²) in [4.78, 5) is 22.7. The van der Waals surface area contributed by atoms with Crippen molar-refractivity contribution in [3.63, 3.8) is 0 Å². The molecule has 22 heavy (non-hydrogen) atoms. The Labute approximate surface area is 125 Å². The molecule has 1 amide bonds. The molecule has 3 rings (SSSR count). The van der Waals surface area contributed by atoms with Gasteiger partial charge in [0.25, 0.3) is 5.91 Å². The van der Waals surface area contributed by atoms with E-state index in [0.29, 0.717) is 16.5 Å². The zero-order valence-electron chi connectivity index (χ0n) is 11.7. The lowest BCUT2D eigenvalue weighted by Gasteiger charge is -2.00. The quantitative estimate of drug-likeness (QED) is 0.593. The second-order valence-electron chi connectivity index (χ2n) is 4.67. The summed E-state index contributed by atoms with van der Waals surface area (Å²) in [5.74, 6) is -0.716. The predicted octanol–water partition coefficient (Wildman–Crippen LogP) is 3.37. The molecular weight excluding hydrogens is 284 g/mol. The van der Waals surface area contributed by atoms with Crippen molar-refractivity contribution in [3.8, 4) is 11.1 Å². The van der Waals surface area contributed by atoms with E-state index in [9.17, 15) is 14.9 Å². The summed E-state index contributed by atoms with van der Waals surface area (Å²) in [7, 11) is 1.50. The molecule has 1 heterocycles. The van der Waals surface area contributed by atoms with E-state index in [-0.39, 0.29) is 22.9 Å². The number of hydrogen-bond acceptors (Lipinski definition) is 4. The minimum Gasteiger partial charge on any atom is -0.399 e. The Bertz CT molecular complexity index is 868. The van der Waals surface area contributed by atoms with E-state index in [4.69, 9.17) is 4.42 Å². The van der Waals surface area contributed by atoms with Crippen LogP contribution in [0.5, 0.6) is 0 Å². The lowest BCUT2D eigenvalue weighted by molar-refractivity contribution is -0.400. The van der Waals surface area contributed by atoms with Gasteiger partial charge in [0.2, 0.25) is 0 Å². The minimum atomic E-state index is -0.573. The number of rotatable bonds is 3. The summed E-state index contributed by atoms with van der Waals surface area (Å²) in [6, 6.07) is 13.9. The molecule has 0 atom stereocenters. The van der Waals surface area contributed by atoms with Gasteiger partial charge in [0, 0.05) is 12.4 Å². The van der Waals surface area contributed by atoms with Crippen molar-refractivity contribution in [1.29, 1.82) is 0 Å². The van der Waals surface area contributed by atoms with Crippen LogP contribution < -0.4 is 5.32 Å². The molecular formula is C16H12N2O4. The highest BCUT2D eigenvalue weighted by Gasteiger charge is 2.27. The van der Waals surface area contributed by atoms with E-state index >= 15 is 0 Å². The molecule has 0 bridgehead atoms. The lowest BCUT2D eigenvalue weighted by atomic mass is 10.0. The van der Waals surface area contributed by atoms with Crippen molar-refractivity contribution < 1.29 is 14.1 Å². The summed E-state index contributed by atoms with van der Waals surface area (Å²) in [5, 5.41) is 14.4. The fourth-order valence-corrected chi connectivity index (χ4v) is 2.43. The van der Waals surface area contributed by atoms with Crippen molar-refractivity contribution in [1.82, 2.24) is 5.32 Å². The number of benzene rings is 2. The first-order chi connectivity index (χ1) is 10.6. The van der Waals surface area contributed by atoms with Gasteiger partial charge in [0.05, 0.1) is 5.56 Å². The SMILES string of the molecule is CNC(=O)c1cccc2c(-c3ccccc3)c([N+](=O)[O-])oc12. The molecule has 0 saturated heterocycles. The van der Waals surface area contributed by atoms with Crippen LogP contribution in [0.1, 0.15) is 10.4 Å². The van der Waals surface area contributed by atoms with Crippen molar-refractivity contribution >= 4 is 22.8 Å². The number of fused-ring (bicyclic) bond motifs is 1. The third-order valence-corrected chi connectivity index (χ3v) is 3.40. The number of nitrogens with one attached hydrogen (secondary N) is 1. The van der Waals surface area contributed by atoms with Gasteiger partial charge in [-0.2, -0.15) is 0 Å². The van der Waals surface area contributed by atoms with Gasteiger partial charge in [-0.05, 0) is 11.6 Å². The van der Waals surface area contributed by atoms with Crippen molar-refractivity contribution in [3.05, 3.63) is 64.2 Å². The second-order valence-corrected chi connectivity index (χ2v) is 4.67. The molecule has 0 radical (unpaired) electrons. The number of furan rings is 1. The first-order valence-corrected chi connectivity index (χ1v) is 6.61. The van der Waals surface area contributed by atoms with Crippen LogP contribution in [-0.4, -0.2) is 17.9 Å². The van der Waals surface area contributed by atoms with Crippen LogP contribution in [0, 0.1) is 10.1 Å². The Balaban J connectivity index is 2.38. The standard InChI is InChI=1S/C16H12N2O4/c1-17-15(19)12-9-5-8-11-13(10-6-3-2-4-7-10)16(18(20)21)22-14(11)12/h2-9H,1H3,(H,17,19). The van der Waals surface area contributed by atoms with Crippen LogP contribution in [0.3, 0.4) is 0 Å². The Kier molecular flexibility index (Phi) is 3.34. The Hall–Kier alpha value is -3.15. The number of nitro groups is 1. The highest BCUT2D eigenvalue weighted by Crippen LogP contribution is 2.40. The van der Waals surface area contributed by atoms with Crippen molar-refractivity contribution in [2.75, 3.05) is 7.05 Å². The van der Waals surface area contributed by atoms with Gasteiger partial charge in [-0.3, -0.25) is 14.9 Å². The number of para-hydroxylation sites is 1. The highest BCUT2D eigenvalue weighted by molar-refractivity contribution is 6.09. The zero-order valence-corrected chi connectivity index (χ0v) is 11.7. The van der Waals surface area contributed by atoms with Gasteiger partial charge in [0.15, 0.2) is 5.58 Å². The van der Waals surface area contributed by atoms with Crippen LogP contribution >= 0.6 is 0 Å². The van der Waals surface area contributed by atoms with E-state index in [0.717, 1.165) is 0 Å². The molecule has 3 aromatic rings. The third kappa shape index (κ3) is 2.10. The van der Waals surface area contributed by atoms with Gasteiger partial charge in [-0.1, -0.05) is 42.5 Å². The van der Waals surface area contributed by atoms with Crippen LogP contribution in [0.15, 0.2) is 52.9 Å². The van der Waals surface area contributed by atoms with E-state index in [1.54, 1.807) is 42.5 Å². The maximum atomic E-state index is 11.9. The third-order valence-electron chi connectivity index (χ3n) is 3.40. The molecule has 0 aliphatic heterocycles. The molecule has 6 nitrogen and oxygen atoms in total. The molecule has 1 N–H and O–H groups in total. The molecule has 2 aromatic carbocycles. The summed E-state index contributed by atoms with van der Waals surface area (Å²) in [6.07, 6.45) is 0. The molecule has 6 heteroatoms. The maximum absolute atomic E-state index is 11.9. The molecule has 0 fully saturated rings. The molecule has 1 aromatic heterocycles. The van der Waals surface area contributed by atoms with E-state index in [1.165, 1.54) is 7.05 Å².